The minimum Gasteiger partial charge on any atom is -0.356 e. The van der Waals surface area contributed by atoms with Gasteiger partial charge in [0.25, 0.3) is 0 Å². The minimum absolute atomic E-state index is 0. The zero-order valence-corrected chi connectivity index (χ0v) is 17.8. The number of aromatic nitrogens is 1. The van der Waals surface area contributed by atoms with E-state index in [1.807, 2.05) is 36.4 Å². The highest BCUT2D eigenvalue weighted by Crippen LogP contribution is 2.05. The first-order valence-electron chi connectivity index (χ1n) is 7.67. The van der Waals surface area contributed by atoms with Gasteiger partial charge < -0.3 is 10.6 Å². The Labute approximate surface area is 173 Å². The number of rotatable bonds is 7. The second kappa shape index (κ2) is 12.2. The van der Waals surface area contributed by atoms with E-state index in [9.17, 15) is 4.21 Å². The van der Waals surface area contributed by atoms with Gasteiger partial charge in [-0.3, -0.25) is 9.20 Å². The molecule has 136 valence electrons. The van der Waals surface area contributed by atoms with Crippen molar-refractivity contribution < 1.29 is 4.21 Å². The number of guanidine groups is 1. The highest BCUT2D eigenvalue weighted by Gasteiger charge is 2.04. The summed E-state index contributed by atoms with van der Waals surface area (Å²) >= 11 is 5.76. The molecule has 1 aromatic carbocycles. The van der Waals surface area contributed by atoms with E-state index in [4.69, 9.17) is 11.6 Å². The van der Waals surface area contributed by atoms with Gasteiger partial charge in [-0.05, 0) is 30.2 Å². The summed E-state index contributed by atoms with van der Waals surface area (Å²) in [6, 6.07) is 13.2. The Balaban J connectivity index is 0.00000312. The Morgan fingerprint density at radius 3 is 2.52 bits per heavy atom. The summed E-state index contributed by atoms with van der Waals surface area (Å²) in [5.41, 5.74) is 1.10. The number of hydrogen-bond donors (Lipinski definition) is 2. The summed E-state index contributed by atoms with van der Waals surface area (Å²) in [5.74, 6) is 1.23. The molecule has 25 heavy (non-hydrogen) atoms. The third kappa shape index (κ3) is 8.15. The van der Waals surface area contributed by atoms with Crippen LogP contribution in [0.1, 0.15) is 5.56 Å². The normalized spacial score (nSPS) is 12.2. The van der Waals surface area contributed by atoms with Crippen LogP contribution in [-0.2, 0) is 17.2 Å². The molecule has 0 aliphatic heterocycles. The van der Waals surface area contributed by atoms with Crippen LogP contribution < -0.4 is 10.6 Å². The number of pyridine rings is 1. The van der Waals surface area contributed by atoms with E-state index in [1.165, 1.54) is 0 Å². The number of benzene rings is 1. The summed E-state index contributed by atoms with van der Waals surface area (Å²) in [6.45, 7) is 1.31. The zero-order chi connectivity index (χ0) is 17.2. The summed E-state index contributed by atoms with van der Waals surface area (Å²) in [5, 5.41) is 6.90. The third-order valence-corrected chi connectivity index (χ3v) is 4.90. The zero-order valence-electron chi connectivity index (χ0n) is 13.9. The third-order valence-electron chi connectivity index (χ3n) is 3.30. The molecule has 0 saturated carbocycles. The fraction of sp³-hybridized carbons (Fsp3) is 0.294. The smallest absolute Gasteiger partial charge is 0.191 e. The Hall–Kier alpha value is -1.19. The molecule has 1 heterocycles. The fourth-order valence-corrected chi connectivity index (χ4v) is 3.15. The summed E-state index contributed by atoms with van der Waals surface area (Å²) in [7, 11) is 0.710. The summed E-state index contributed by atoms with van der Waals surface area (Å²) in [4.78, 5) is 9.06. The number of halogens is 2. The van der Waals surface area contributed by atoms with Gasteiger partial charge in [0, 0.05) is 37.0 Å². The lowest BCUT2D eigenvalue weighted by atomic mass is 10.2. The van der Waals surface area contributed by atoms with Gasteiger partial charge in [0.15, 0.2) is 5.96 Å². The number of nitrogens with one attached hydrogen (secondary N) is 2. The van der Waals surface area contributed by atoms with Crippen LogP contribution in [0.25, 0.3) is 0 Å². The van der Waals surface area contributed by atoms with E-state index in [1.54, 1.807) is 19.3 Å². The van der Waals surface area contributed by atoms with Crippen LogP contribution in [0, 0.1) is 0 Å². The topological polar surface area (TPSA) is 66.4 Å². The van der Waals surface area contributed by atoms with E-state index in [2.05, 4.69) is 20.6 Å². The molecular formula is C17H22ClIN4OS. The van der Waals surface area contributed by atoms with Crippen LogP contribution in [-0.4, -0.2) is 41.0 Å². The second-order valence-corrected chi connectivity index (χ2v) is 6.99. The molecule has 2 N–H and O–H groups in total. The van der Waals surface area contributed by atoms with Crippen molar-refractivity contribution in [2.75, 3.05) is 25.9 Å². The highest BCUT2D eigenvalue weighted by molar-refractivity contribution is 14.0. The predicted octanol–water partition coefficient (Wildman–Crippen LogP) is 2.87. The van der Waals surface area contributed by atoms with E-state index in [-0.39, 0.29) is 24.0 Å². The molecular weight excluding hydrogens is 471 g/mol. The monoisotopic (exact) mass is 492 g/mol. The van der Waals surface area contributed by atoms with Crippen LogP contribution in [0.4, 0.5) is 0 Å². The lowest BCUT2D eigenvalue weighted by molar-refractivity contribution is 0.681. The van der Waals surface area contributed by atoms with Crippen molar-refractivity contribution in [3.63, 3.8) is 0 Å². The van der Waals surface area contributed by atoms with Gasteiger partial charge in [0.1, 0.15) is 5.15 Å². The van der Waals surface area contributed by atoms with Crippen molar-refractivity contribution in [3.05, 3.63) is 59.4 Å². The van der Waals surface area contributed by atoms with Crippen molar-refractivity contribution in [2.24, 2.45) is 4.99 Å². The maximum atomic E-state index is 12.1. The molecule has 0 aliphatic carbocycles. The molecule has 5 nitrogen and oxygen atoms in total. The molecule has 0 fully saturated rings. The molecule has 0 radical (unpaired) electrons. The second-order valence-electron chi connectivity index (χ2n) is 5.03. The van der Waals surface area contributed by atoms with Gasteiger partial charge in [-0.2, -0.15) is 0 Å². The van der Waals surface area contributed by atoms with Crippen LogP contribution in [0.15, 0.2) is 58.5 Å². The van der Waals surface area contributed by atoms with Crippen LogP contribution in [0.5, 0.6) is 0 Å². The summed E-state index contributed by atoms with van der Waals surface area (Å²) in [6.07, 6.45) is 2.59. The molecule has 0 spiro atoms. The molecule has 0 amide bonds. The molecule has 8 heteroatoms. The number of aliphatic imine (C=N–C) groups is 1. The van der Waals surface area contributed by atoms with E-state index in [0.717, 1.165) is 23.4 Å². The van der Waals surface area contributed by atoms with E-state index in [0.29, 0.717) is 23.4 Å². The van der Waals surface area contributed by atoms with Gasteiger partial charge in [-0.25, -0.2) is 4.98 Å². The highest BCUT2D eigenvalue weighted by atomic mass is 127. The molecule has 0 aliphatic rings. The van der Waals surface area contributed by atoms with Crippen molar-refractivity contribution in [2.45, 2.75) is 11.3 Å². The molecule has 0 bridgehead atoms. The first-order valence-corrected chi connectivity index (χ1v) is 9.37. The quantitative estimate of drug-likeness (QED) is 0.270. The summed E-state index contributed by atoms with van der Waals surface area (Å²) < 4.78 is 12.1. The average molecular weight is 493 g/mol. The van der Waals surface area contributed by atoms with Crippen LogP contribution >= 0.6 is 35.6 Å². The van der Waals surface area contributed by atoms with E-state index >= 15 is 0 Å². The van der Waals surface area contributed by atoms with Crippen molar-refractivity contribution in [3.8, 4) is 0 Å². The van der Waals surface area contributed by atoms with Gasteiger partial charge in [0.2, 0.25) is 0 Å². The number of nitrogens with zero attached hydrogens (tertiary/aromatic N) is 2. The molecule has 0 saturated heterocycles. The van der Waals surface area contributed by atoms with Gasteiger partial charge in [-0.15, -0.1) is 24.0 Å². The van der Waals surface area contributed by atoms with Crippen molar-refractivity contribution in [1.82, 2.24) is 15.6 Å². The van der Waals surface area contributed by atoms with Crippen LogP contribution in [0.3, 0.4) is 0 Å². The maximum absolute atomic E-state index is 12.1. The lowest BCUT2D eigenvalue weighted by Gasteiger charge is -2.11. The molecule has 1 unspecified atom stereocenters. The van der Waals surface area contributed by atoms with Gasteiger partial charge >= 0.3 is 0 Å². The van der Waals surface area contributed by atoms with Gasteiger partial charge in [-0.1, -0.05) is 35.9 Å². The van der Waals surface area contributed by atoms with Gasteiger partial charge in [0.05, 0.1) is 10.8 Å². The minimum atomic E-state index is -1.01. The lowest BCUT2D eigenvalue weighted by Crippen LogP contribution is -2.40. The first kappa shape index (κ1) is 21.9. The van der Waals surface area contributed by atoms with Crippen molar-refractivity contribution in [1.29, 1.82) is 0 Å². The van der Waals surface area contributed by atoms with E-state index < -0.39 is 10.8 Å². The Morgan fingerprint density at radius 1 is 1.16 bits per heavy atom. The maximum Gasteiger partial charge on any atom is 0.191 e. The molecule has 1 atom stereocenters. The first-order chi connectivity index (χ1) is 11.7. The van der Waals surface area contributed by atoms with Crippen LogP contribution in [0.2, 0.25) is 5.15 Å². The predicted molar refractivity (Wildman–Crippen MR) is 115 cm³/mol. The molecule has 1 aromatic heterocycles. The largest absolute Gasteiger partial charge is 0.356 e. The standard InChI is InChI=1S/C17H21ClN4OS.HI/c1-19-17(20-10-9-14-7-8-16(18)22-13-14)21-11-12-24(23)15-5-3-2-4-6-15;/h2-8,13H,9-12H2,1H3,(H2,19,20,21);1H. The Morgan fingerprint density at radius 2 is 1.88 bits per heavy atom. The average Bonchev–Trinajstić information content (AvgIpc) is 2.62. The van der Waals surface area contributed by atoms with Crippen molar-refractivity contribution >= 4 is 52.3 Å². The Bertz CT molecular complexity index is 683. The molecule has 2 aromatic rings. The number of hydrogen-bond acceptors (Lipinski definition) is 3. The molecule has 2 rings (SSSR count). The SMILES string of the molecule is CN=C(NCCc1ccc(Cl)nc1)NCCS(=O)c1ccccc1.I. The Kier molecular flexibility index (Phi) is 10.7. The fourth-order valence-electron chi connectivity index (χ4n) is 2.05.